The van der Waals surface area contributed by atoms with Gasteiger partial charge in [0.1, 0.15) is 11.4 Å². The van der Waals surface area contributed by atoms with E-state index in [2.05, 4.69) is 34.9 Å². The van der Waals surface area contributed by atoms with Crippen LogP contribution in [0.15, 0.2) is 48.1 Å². The number of fused-ring (bicyclic) bond motifs is 3. The lowest BCUT2D eigenvalue weighted by molar-refractivity contribution is 0.0515. The summed E-state index contributed by atoms with van der Waals surface area (Å²) in [5.41, 5.74) is 5.71. The lowest BCUT2D eigenvalue weighted by atomic mass is 9.89. The Bertz CT molecular complexity index is 991. The number of hydrogen-bond acceptors (Lipinski definition) is 3. The lowest BCUT2D eigenvalue weighted by Crippen LogP contribution is -2.15. The number of benzene rings is 1. The first-order chi connectivity index (χ1) is 13.7. The molecule has 28 heavy (non-hydrogen) atoms. The molecule has 0 amide bonds. The molecule has 146 valence electrons. The van der Waals surface area contributed by atoms with Crippen LogP contribution >= 0.6 is 0 Å². The third kappa shape index (κ3) is 3.39. The van der Waals surface area contributed by atoms with Crippen molar-refractivity contribution in [3.05, 3.63) is 64.9 Å². The molecule has 1 heterocycles. The maximum absolute atomic E-state index is 12.8. The van der Waals surface area contributed by atoms with Crippen molar-refractivity contribution in [1.82, 2.24) is 4.57 Å². The summed E-state index contributed by atoms with van der Waals surface area (Å²) in [6, 6.07) is 4.11. The number of aryl methyl sites for hydroxylation is 2. The highest BCUT2D eigenvalue weighted by molar-refractivity contribution is 6.00. The normalized spacial score (nSPS) is 15.9. The van der Waals surface area contributed by atoms with Crippen LogP contribution in [-0.4, -0.2) is 24.3 Å². The number of aromatic nitrogens is 1. The fraction of sp³-hybridized carbons (Fsp3) is 0.375. The van der Waals surface area contributed by atoms with Crippen LogP contribution in [0.25, 0.3) is 10.9 Å². The second-order valence-corrected chi connectivity index (χ2v) is 7.36. The predicted octanol–water partition coefficient (Wildman–Crippen LogP) is 5.15. The van der Waals surface area contributed by atoms with Crippen LogP contribution in [0.3, 0.4) is 0 Å². The minimum atomic E-state index is -0.273. The average Bonchev–Trinajstić information content (AvgIpc) is 2.89. The van der Waals surface area contributed by atoms with E-state index in [0.717, 1.165) is 35.9 Å². The Balaban J connectivity index is 1.93. The molecule has 0 unspecified atom stereocenters. The average molecular weight is 377 g/mol. The van der Waals surface area contributed by atoms with Crippen LogP contribution in [0.1, 0.15) is 47.8 Å². The van der Waals surface area contributed by atoms with Crippen molar-refractivity contribution in [3.63, 3.8) is 0 Å². The quantitative estimate of drug-likeness (QED) is 0.677. The highest BCUT2D eigenvalue weighted by Gasteiger charge is 2.25. The van der Waals surface area contributed by atoms with E-state index in [1.165, 1.54) is 29.5 Å². The zero-order valence-corrected chi connectivity index (χ0v) is 16.7. The highest BCUT2D eigenvalue weighted by atomic mass is 16.5. The van der Waals surface area contributed by atoms with Crippen LogP contribution in [0.4, 0.5) is 0 Å². The van der Waals surface area contributed by atoms with Gasteiger partial charge >= 0.3 is 5.97 Å². The maximum atomic E-state index is 12.8. The Morgan fingerprint density at radius 2 is 2.00 bits per heavy atom. The Labute approximate surface area is 166 Å². The van der Waals surface area contributed by atoms with Crippen LogP contribution in [0.5, 0.6) is 5.75 Å². The van der Waals surface area contributed by atoms with Crippen LogP contribution in [0.2, 0.25) is 0 Å². The summed E-state index contributed by atoms with van der Waals surface area (Å²) in [6.45, 7) is 2.88. The van der Waals surface area contributed by atoms with Crippen molar-refractivity contribution in [2.24, 2.45) is 0 Å². The van der Waals surface area contributed by atoms with E-state index >= 15 is 0 Å². The van der Waals surface area contributed by atoms with Gasteiger partial charge in [-0.2, -0.15) is 0 Å². The van der Waals surface area contributed by atoms with E-state index in [9.17, 15) is 4.79 Å². The molecule has 4 rings (SSSR count). The summed E-state index contributed by atoms with van der Waals surface area (Å²) < 4.78 is 13.2. The van der Waals surface area contributed by atoms with Crippen LogP contribution < -0.4 is 4.74 Å². The molecule has 4 nitrogen and oxygen atoms in total. The molecule has 2 aliphatic rings. The molecule has 2 aliphatic carbocycles. The number of esters is 1. The molecule has 1 aromatic heterocycles. The summed E-state index contributed by atoms with van der Waals surface area (Å²) >= 11 is 0. The number of carbonyl (C=O) groups is 1. The zero-order chi connectivity index (χ0) is 19.5. The first kappa shape index (κ1) is 18.6. The summed E-state index contributed by atoms with van der Waals surface area (Å²) in [6.07, 6.45) is 15.8. The van der Waals surface area contributed by atoms with Gasteiger partial charge in [0, 0.05) is 11.9 Å². The Kier molecular flexibility index (Phi) is 5.38. The van der Waals surface area contributed by atoms with Gasteiger partial charge in [0.25, 0.3) is 0 Å². The van der Waals surface area contributed by atoms with Gasteiger partial charge < -0.3 is 14.0 Å². The smallest absolute Gasteiger partial charge is 0.354 e. The van der Waals surface area contributed by atoms with E-state index in [4.69, 9.17) is 9.47 Å². The predicted molar refractivity (Wildman–Crippen MR) is 112 cm³/mol. The molecule has 0 radical (unpaired) electrons. The molecule has 4 heteroatoms. The van der Waals surface area contributed by atoms with E-state index in [1.807, 2.05) is 19.1 Å². The minimum absolute atomic E-state index is 0.273. The third-order valence-corrected chi connectivity index (χ3v) is 5.60. The standard InChI is InChI=1S/C24H27NO3/c1-3-28-24(26)21-15-20-22(27-2)14-18-12-8-9-13-19(18)23(20)25(21)16-17-10-6-4-5-7-11-17/h4-7,10,14-15H,3,8-9,11-13,16H2,1-2H3. The maximum Gasteiger partial charge on any atom is 0.354 e. The van der Waals surface area contributed by atoms with E-state index in [-0.39, 0.29) is 5.97 Å². The number of allylic oxidation sites excluding steroid dienone is 6. The second kappa shape index (κ2) is 8.09. The molecule has 0 spiro atoms. The molecule has 0 saturated carbocycles. The topological polar surface area (TPSA) is 40.5 Å². The van der Waals surface area contributed by atoms with Crippen LogP contribution in [0, 0.1) is 0 Å². The van der Waals surface area contributed by atoms with Gasteiger partial charge in [-0.3, -0.25) is 0 Å². The van der Waals surface area contributed by atoms with Gasteiger partial charge in [0.15, 0.2) is 0 Å². The van der Waals surface area contributed by atoms with Crippen LogP contribution in [-0.2, 0) is 24.1 Å². The molecule has 0 atom stereocenters. The van der Waals surface area contributed by atoms with Crippen molar-refractivity contribution in [3.8, 4) is 5.75 Å². The molecule has 2 aromatic rings. The second-order valence-electron chi connectivity index (χ2n) is 7.36. The molecule has 0 saturated heterocycles. The fourth-order valence-electron chi connectivity index (χ4n) is 4.31. The lowest BCUT2D eigenvalue weighted by Gasteiger charge is -2.21. The number of hydrogen-bond donors (Lipinski definition) is 0. The molecule has 1 aromatic carbocycles. The van der Waals surface area contributed by atoms with Gasteiger partial charge in [-0.15, -0.1) is 0 Å². The number of methoxy groups -OCH3 is 1. The van der Waals surface area contributed by atoms with Gasteiger partial charge in [-0.05, 0) is 67.9 Å². The van der Waals surface area contributed by atoms with E-state index in [1.54, 1.807) is 7.11 Å². The van der Waals surface area contributed by atoms with E-state index in [0.29, 0.717) is 18.8 Å². The fourth-order valence-corrected chi connectivity index (χ4v) is 4.31. The van der Waals surface area contributed by atoms with Crippen molar-refractivity contribution < 1.29 is 14.3 Å². The van der Waals surface area contributed by atoms with Gasteiger partial charge in [0.2, 0.25) is 0 Å². The zero-order valence-electron chi connectivity index (χ0n) is 16.7. The molecule has 0 N–H and O–H groups in total. The van der Waals surface area contributed by atoms with Crippen molar-refractivity contribution >= 4 is 16.9 Å². The Morgan fingerprint density at radius 3 is 2.82 bits per heavy atom. The third-order valence-electron chi connectivity index (χ3n) is 5.60. The number of ether oxygens (including phenoxy) is 2. The SMILES string of the molecule is CCOC(=O)c1cc2c(OC)cc3c(c2n1CC1=CC=CC=CC1)CCCC3. The van der Waals surface area contributed by atoms with E-state index < -0.39 is 0 Å². The Morgan fingerprint density at radius 1 is 1.14 bits per heavy atom. The summed E-state index contributed by atoms with van der Waals surface area (Å²) in [5.74, 6) is 0.570. The van der Waals surface area contributed by atoms with Gasteiger partial charge in [-0.1, -0.05) is 30.4 Å². The van der Waals surface area contributed by atoms with Gasteiger partial charge in [-0.25, -0.2) is 4.79 Å². The number of rotatable bonds is 5. The molecular weight excluding hydrogens is 350 g/mol. The minimum Gasteiger partial charge on any atom is -0.496 e. The summed E-state index contributed by atoms with van der Waals surface area (Å²) in [7, 11) is 1.70. The van der Waals surface area contributed by atoms with Crippen molar-refractivity contribution in [2.45, 2.75) is 45.6 Å². The van der Waals surface area contributed by atoms with Crippen molar-refractivity contribution in [1.29, 1.82) is 0 Å². The first-order valence-corrected chi connectivity index (χ1v) is 10.1. The largest absolute Gasteiger partial charge is 0.496 e. The monoisotopic (exact) mass is 377 g/mol. The molecular formula is C24H27NO3. The van der Waals surface area contributed by atoms with Gasteiger partial charge in [0.05, 0.1) is 19.2 Å². The molecule has 0 aliphatic heterocycles. The van der Waals surface area contributed by atoms with Crippen molar-refractivity contribution in [2.75, 3.05) is 13.7 Å². The number of nitrogens with zero attached hydrogens (tertiary/aromatic N) is 1. The summed E-state index contributed by atoms with van der Waals surface area (Å²) in [5, 5.41) is 1.01. The Hall–Kier alpha value is -2.75. The first-order valence-electron chi connectivity index (χ1n) is 10.1. The molecule has 0 bridgehead atoms. The summed E-state index contributed by atoms with van der Waals surface area (Å²) in [4.78, 5) is 12.8. The molecule has 0 fully saturated rings. The highest BCUT2D eigenvalue weighted by Crippen LogP contribution is 2.38. The number of carbonyl (C=O) groups excluding carboxylic acids is 1.